The van der Waals surface area contributed by atoms with Crippen LogP contribution in [0.3, 0.4) is 0 Å². The lowest BCUT2D eigenvalue weighted by atomic mass is 10.0. The Labute approximate surface area is 115 Å². The molecule has 0 radical (unpaired) electrons. The molecule has 0 saturated heterocycles. The molecule has 1 unspecified atom stereocenters. The Morgan fingerprint density at radius 3 is 2.32 bits per heavy atom. The van der Waals surface area contributed by atoms with Crippen LogP contribution in [0.25, 0.3) is 0 Å². The van der Waals surface area contributed by atoms with Gasteiger partial charge in [0.15, 0.2) is 0 Å². The molecule has 1 aromatic carbocycles. The molecule has 1 amide bonds. The van der Waals surface area contributed by atoms with E-state index in [1.807, 2.05) is 12.1 Å². The fourth-order valence-electron chi connectivity index (χ4n) is 2.23. The number of amides is 1. The van der Waals surface area contributed by atoms with Crippen molar-refractivity contribution in [2.75, 3.05) is 6.54 Å². The first-order valence-electron chi connectivity index (χ1n) is 6.72. The quantitative estimate of drug-likeness (QED) is 0.790. The van der Waals surface area contributed by atoms with Gasteiger partial charge in [-0.1, -0.05) is 12.1 Å². The van der Waals surface area contributed by atoms with E-state index in [9.17, 15) is 9.90 Å². The summed E-state index contributed by atoms with van der Waals surface area (Å²) in [7, 11) is 0. The zero-order valence-corrected chi connectivity index (χ0v) is 12.0. The molecule has 1 atom stereocenters. The van der Waals surface area contributed by atoms with Gasteiger partial charge in [-0.15, -0.1) is 0 Å². The van der Waals surface area contributed by atoms with Gasteiger partial charge >= 0.3 is 0 Å². The summed E-state index contributed by atoms with van der Waals surface area (Å²) >= 11 is 0. The molecule has 0 spiro atoms. The summed E-state index contributed by atoms with van der Waals surface area (Å²) in [5.41, 5.74) is 6.47. The van der Waals surface area contributed by atoms with E-state index >= 15 is 0 Å². The summed E-state index contributed by atoms with van der Waals surface area (Å²) in [6, 6.07) is 7.84. The predicted octanol–water partition coefficient (Wildman–Crippen LogP) is 1.91. The molecule has 1 aromatic rings. The van der Waals surface area contributed by atoms with Crippen LogP contribution in [-0.2, 0) is 11.2 Å². The van der Waals surface area contributed by atoms with Crippen molar-refractivity contribution in [1.29, 1.82) is 0 Å². The van der Waals surface area contributed by atoms with E-state index in [1.165, 1.54) is 5.56 Å². The highest BCUT2D eigenvalue weighted by molar-refractivity contribution is 5.76. The number of aryl methyl sites for hydroxylation is 1. The minimum atomic E-state index is -0.287. The average Bonchev–Trinajstić information content (AvgIpc) is 2.34. The zero-order valence-electron chi connectivity index (χ0n) is 12.0. The van der Waals surface area contributed by atoms with Gasteiger partial charge in [0.1, 0.15) is 5.75 Å². The Bertz CT molecular complexity index is 401. The normalized spacial score (nSPS) is 12.9. The van der Waals surface area contributed by atoms with Gasteiger partial charge in [0, 0.05) is 12.1 Å². The molecule has 4 heteroatoms. The maximum absolute atomic E-state index is 11.1. The van der Waals surface area contributed by atoms with E-state index in [0.29, 0.717) is 18.6 Å². The van der Waals surface area contributed by atoms with Crippen molar-refractivity contribution in [3.63, 3.8) is 0 Å². The Hall–Kier alpha value is -1.55. The predicted molar refractivity (Wildman–Crippen MR) is 76.9 cm³/mol. The lowest BCUT2D eigenvalue weighted by molar-refractivity contribution is -0.120. The molecule has 1 rings (SSSR count). The monoisotopic (exact) mass is 264 g/mol. The lowest BCUT2D eigenvalue weighted by Crippen LogP contribution is -2.44. The molecule has 0 heterocycles. The maximum atomic E-state index is 11.1. The number of primary amides is 1. The Kier molecular flexibility index (Phi) is 5.83. The Morgan fingerprint density at radius 2 is 1.84 bits per heavy atom. The first kappa shape index (κ1) is 15.5. The number of carbonyl (C=O) groups excluding carboxylic acids is 1. The summed E-state index contributed by atoms with van der Waals surface area (Å²) in [6.07, 6.45) is 1.87. The second-order valence-electron chi connectivity index (χ2n) is 5.29. The topological polar surface area (TPSA) is 66.6 Å². The van der Waals surface area contributed by atoms with Crippen molar-refractivity contribution in [2.45, 2.75) is 45.7 Å². The van der Waals surface area contributed by atoms with E-state index in [1.54, 1.807) is 12.1 Å². The zero-order chi connectivity index (χ0) is 14.4. The highest BCUT2D eigenvalue weighted by Gasteiger charge is 2.18. The van der Waals surface area contributed by atoms with Crippen LogP contribution in [0.1, 0.15) is 32.8 Å². The van der Waals surface area contributed by atoms with Crippen LogP contribution >= 0.6 is 0 Å². The van der Waals surface area contributed by atoms with Crippen LogP contribution in [0.2, 0.25) is 0 Å². The third-order valence-corrected chi connectivity index (χ3v) is 3.35. The molecule has 0 saturated carbocycles. The number of phenolic OH excluding ortho intramolecular Hbond substituents is 1. The molecule has 4 nitrogen and oxygen atoms in total. The number of benzene rings is 1. The van der Waals surface area contributed by atoms with E-state index in [2.05, 4.69) is 25.7 Å². The molecular formula is C15H24N2O2. The van der Waals surface area contributed by atoms with Gasteiger partial charge in [0.05, 0.1) is 6.54 Å². The molecule has 106 valence electrons. The molecular weight excluding hydrogens is 240 g/mol. The van der Waals surface area contributed by atoms with Gasteiger partial charge in [-0.2, -0.15) is 0 Å². The smallest absolute Gasteiger partial charge is 0.231 e. The summed E-state index contributed by atoms with van der Waals surface area (Å²) in [5, 5.41) is 9.23. The molecule has 0 aliphatic carbocycles. The lowest BCUT2D eigenvalue weighted by Gasteiger charge is -2.31. The first-order valence-corrected chi connectivity index (χ1v) is 6.72. The van der Waals surface area contributed by atoms with Crippen molar-refractivity contribution < 1.29 is 9.90 Å². The highest BCUT2D eigenvalue weighted by Crippen LogP contribution is 2.15. The molecule has 0 aromatic heterocycles. The first-order chi connectivity index (χ1) is 8.90. The number of phenols is 1. The summed E-state index contributed by atoms with van der Waals surface area (Å²) in [6.45, 7) is 6.55. The number of nitrogens with two attached hydrogens (primary N) is 1. The minimum absolute atomic E-state index is 0.286. The third kappa shape index (κ3) is 5.30. The molecule has 0 aliphatic rings. The molecule has 0 fully saturated rings. The summed E-state index contributed by atoms with van der Waals surface area (Å²) in [4.78, 5) is 13.2. The second kappa shape index (κ2) is 7.14. The van der Waals surface area contributed by atoms with E-state index in [0.717, 1.165) is 12.8 Å². The largest absolute Gasteiger partial charge is 0.508 e. The van der Waals surface area contributed by atoms with Crippen LogP contribution in [0.5, 0.6) is 5.75 Å². The van der Waals surface area contributed by atoms with E-state index in [4.69, 9.17) is 5.73 Å². The van der Waals surface area contributed by atoms with Gasteiger partial charge < -0.3 is 10.8 Å². The van der Waals surface area contributed by atoms with Crippen LogP contribution in [0, 0.1) is 0 Å². The minimum Gasteiger partial charge on any atom is -0.508 e. The number of hydrogen-bond donors (Lipinski definition) is 2. The van der Waals surface area contributed by atoms with Gasteiger partial charge in [-0.3, -0.25) is 9.69 Å². The molecule has 0 bridgehead atoms. The number of rotatable bonds is 7. The van der Waals surface area contributed by atoms with Gasteiger partial charge in [0.25, 0.3) is 0 Å². The van der Waals surface area contributed by atoms with Crippen molar-refractivity contribution in [1.82, 2.24) is 4.90 Å². The third-order valence-electron chi connectivity index (χ3n) is 3.35. The van der Waals surface area contributed by atoms with Crippen LogP contribution < -0.4 is 5.73 Å². The second-order valence-corrected chi connectivity index (χ2v) is 5.29. The number of nitrogens with zero attached hydrogens (tertiary/aromatic N) is 1. The summed E-state index contributed by atoms with van der Waals surface area (Å²) < 4.78 is 0. The Balaban J connectivity index is 2.54. The summed E-state index contributed by atoms with van der Waals surface area (Å²) in [5.74, 6) is -0.000447. The van der Waals surface area contributed by atoms with Gasteiger partial charge in [-0.25, -0.2) is 0 Å². The highest BCUT2D eigenvalue weighted by atomic mass is 16.3. The van der Waals surface area contributed by atoms with E-state index < -0.39 is 0 Å². The number of aromatic hydroxyl groups is 1. The van der Waals surface area contributed by atoms with Crippen LogP contribution in [0.15, 0.2) is 24.3 Å². The standard InChI is InChI=1S/C15H24N2O2/c1-11(2)17(10-15(16)19)12(3)4-5-13-6-8-14(18)9-7-13/h6-9,11-12,18H,4-5,10H2,1-3H3,(H2,16,19). The molecule has 0 aliphatic heterocycles. The fraction of sp³-hybridized carbons (Fsp3) is 0.533. The fourth-order valence-corrected chi connectivity index (χ4v) is 2.23. The molecule has 3 N–H and O–H groups in total. The number of hydrogen-bond acceptors (Lipinski definition) is 3. The van der Waals surface area contributed by atoms with Crippen molar-refractivity contribution >= 4 is 5.91 Å². The Morgan fingerprint density at radius 1 is 1.26 bits per heavy atom. The maximum Gasteiger partial charge on any atom is 0.231 e. The van der Waals surface area contributed by atoms with Crippen molar-refractivity contribution in [2.24, 2.45) is 5.73 Å². The average molecular weight is 264 g/mol. The van der Waals surface area contributed by atoms with Gasteiger partial charge in [0.2, 0.25) is 5.91 Å². The molecule has 19 heavy (non-hydrogen) atoms. The van der Waals surface area contributed by atoms with Gasteiger partial charge in [-0.05, 0) is 51.3 Å². The van der Waals surface area contributed by atoms with Crippen LogP contribution in [0.4, 0.5) is 0 Å². The van der Waals surface area contributed by atoms with Crippen LogP contribution in [-0.4, -0.2) is 34.5 Å². The van der Waals surface area contributed by atoms with Crippen molar-refractivity contribution in [3.05, 3.63) is 29.8 Å². The number of carbonyl (C=O) groups is 1. The van der Waals surface area contributed by atoms with Crippen molar-refractivity contribution in [3.8, 4) is 5.75 Å². The van der Waals surface area contributed by atoms with E-state index in [-0.39, 0.29) is 11.7 Å². The SMILES string of the molecule is CC(C)N(CC(N)=O)C(C)CCc1ccc(O)cc1.